The highest BCUT2D eigenvalue weighted by atomic mass is 16.7. The Morgan fingerprint density at radius 2 is 0.500 bits per heavy atom. The second-order valence-corrected chi connectivity index (χ2v) is 41.4. The Hall–Kier alpha value is -10.6. The van der Waals surface area contributed by atoms with Crippen molar-refractivity contribution in [3.63, 3.8) is 0 Å². The summed E-state index contributed by atoms with van der Waals surface area (Å²) in [7, 11) is 0. The van der Waals surface area contributed by atoms with Crippen molar-refractivity contribution in [2.24, 2.45) is 116 Å². The van der Waals surface area contributed by atoms with Crippen LogP contribution in [0.2, 0.25) is 0 Å². The molecule has 784 valence electrons. The van der Waals surface area contributed by atoms with Crippen LogP contribution in [0.4, 0.5) is 0 Å². The molecule has 28 atom stereocenters. The van der Waals surface area contributed by atoms with Gasteiger partial charge in [0.25, 0.3) is 0 Å². The van der Waals surface area contributed by atoms with Crippen LogP contribution in [0.3, 0.4) is 0 Å². The maximum absolute atomic E-state index is 12.1. The van der Waals surface area contributed by atoms with Crippen molar-refractivity contribution in [3.05, 3.63) is 0 Å². The lowest BCUT2D eigenvalue weighted by Gasteiger charge is -2.29. The lowest BCUT2D eigenvalue weighted by atomic mass is 9.87. The summed E-state index contributed by atoms with van der Waals surface area (Å²) in [5.41, 5.74) is -2.22. The van der Waals surface area contributed by atoms with Crippen LogP contribution in [-0.2, 0) is 191 Å². The van der Waals surface area contributed by atoms with Crippen LogP contribution in [0, 0.1) is 116 Å². The zero-order valence-electron chi connectivity index (χ0n) is 84.3. The van der Waals surface area contributed by atoms with Crippen molar-refractivity contribution < 1.29 is 191 Å². The smallest absolute Gasteiger partial charge is 0.347 e. The summed E-state index contributed by atoms with van der Waals surface area (Å²) in [5.74, 6) is -6.18. The molecule has 8 saturated heterocycles. The molecule has 0 aromatic heterocycles. The molecule has 0 aromatic rings. The molecule has 0 N–H and O–H groups in total. The molecule has 0 amide bonds. The van der Waals surface area contributed by atoms with Crippen molar-refractivity contribution in [2.75, 3.05) is 52.9 Å². The largest absolute Gasteiger partial charge is 0.463 e. The Morgan fingerprint density at radius 1 is 0.271 bits per heavy atom. The van der Waals surface area contributed by atoms with E-state index in [1.54, 1.807) is 62.3 Å². The third-order valence-electron chi connectivity index (χ3n) is 30.4. The van der Waals surface area contributed by atoms with Gasteiger partial charge in [-0.2, -0.15) is 0 Å². The van der Waals surface area contributed by atoms with E-state index in [1.165, 1.54) is 0 Å². The van der Waals surface area contributed by atoms with Crippen LogP contribution < -0.4 is 0 Å². The van der Waals surface area contributed by atoms with Crippen molar-refractivity contribution in [3.8, 4) is 0 Å². The first kappa shape index (κ1) is 113. The van der Waals surface area contributed by atoms with E-state index in [1.807, 2.05) is 76.2 Å². The van der Waals surface area contributed by atoms with Gasteiger partial charge in [0, 0.05) is 73.0 Å². The topological polar surface area (TPSA) is 526 Å². The molecular formula is C100H144O40. The van der Waals surface area contributed by atoms with Gasteiger partial charge in [-0.1, -0.05) is 83.1 Å². The maximum atomic E-state index is 12.1. The van der Waals surface area contributed by atoms with Gasteiger partial charge in [-0.3, -0.25) is 57.5 Å². The summed E-state index contributed by atoms with van der Waals surface area (Å²) in [5, 5.41) is 0. The number of hydrogen-bond donors (Lipinski definition) is 0. The molecule has 8 aliphatic heterocycles. The molecule has 8 heterocycles. The van der Waals surface area contributed by atoms with E-state index >= 15 is 0 Å². The summed E-state index contributed by atoms with van der Waals surface area (Å²) in [4.78, 5) is 230. The second kappa shape index (κ2) is 49.4. The van der Waals surface area contributed by atoms with Crippen LogP contribution in [0.1, 0.15) is 267 Å². The number of carbonyl (C=O) groups is 20. The first-order chi connectivity index (χ1) is 65.9. The summed E-state index contributed by atoms with van der Waals surface area (Å²) < 4.78 is 101. The molecule has 40 nitrogen and oxygen atoms in total. The van der Waals surface area contributed by atoms with Gasteiger partial charge in [0.15, 0.2) is 26.4 Å². The molecule has 40 heteroatoms. The monoisotopic (exact) mass is 1980 g/mol. The quantitative estimate of drug-likeness (QED) is 0.0446. The van der Waals surface area contributed by atoms with Crippen molar-refractivity contribution in [2.45, 2.75) is 340 Å². The van der Waals surface area contributed by atoms with Gasteiger partial charge >= 0.3 is 119 Å². The summed E-state index contributed by atoms with van der Waals surface area (Å²) >= 11 is 0. The van der Waals surface area contributed by atoms with Gasteiger partial charge < -0.3 is 94.7 Å². The average molecular weight is 1990 g/mol. The summed E-state index contributed by atoms with van der Waals surface area (Å²) in [6.45, 7) is 36.3. The highest BCUT2D eigenvalue weighted by molar-refractivity contribution is 5.87. The van der Waals surface area contributed by atoms with Crippen LogP contribution >= 0.6 is 0 Å². The molecule has 8 bridgehead atoms. The zero-order valence-corrected chi connectivity index (χ0v) is 84.3. The van der Waals surface area contributed by atoms with E-state index in [4.69, 9.17) is 80.5 Å². The average Bonchev–Trinajstić information content (AvgIpc) is 1.59. The lowest BCUT2D eigenvalue weighted by molar-refractivity contribution is -0.172. The third-order valence-corrected chi connectivity index (χ3v) is 30.4. The van der Waals surface area contributed by atoms with Crippen molar-refractivity contribution in [1.29, 1.82) is 0 Å². The fourth-order valence-electron chi connectivity index (χ4n) is 18.9. The van der Waals surface area contributed by atoms with Gasteiger partial charge in [0.1, 0.15) is 48.8 Å². The maximum Gasteiger partial charge on any atom is 0.347 e. The summed E-state index contributed by atoms with van der Waals surface area (Å²) in [6, 6.07) is 0. The van der Waals surface area contributed by atoms with Crippen LogP contribution in [0.25, 0.3) is 0 Å². The molecule has 140 heavy (non-hydrogen) atoms. The van der Waals surface area contributed by atoms with Gasteiger partial charge in [-0.15, -0.1) is 0 Å². The molecule has 0 spiro atoms. The first-order valence-electron chi connectivity index (χ1n) is 49.7. The fraction of sp³-hybridized carbons (Fsp3) is 0.800. The molecule has 0 aromatic carbocycles. The molecule has 16 aliphatic rings. The van der Waals surface area contributed by atoms with Crippen LogP contribution in [0.5, 0.6) is 0 Å². The van der Waals surface area contributed by atoms with Gasteiger partial charge in [-0.25, -0.2) is 38.4 Å². The molecule has 28 unspecified atom stereocenters. The van der Waals surface area contributed by atoms with Crippen LogP contribution in [0.15, 0.2) is 0 Å². The first-order valence-corrected chi connectivity index (χ1v) is 49.7. The third kappa shape index (κ3) is 28.0. The number of rotatable bonds is 32. The van der Waals surface area contributed by atoms with Crippen molar-refractivity contribution in [1.82, 2.24) is 0 Å². The minimum atomic E-state index is -0.865. The molecule has 0 radical (unpaired) electrons. The van der Waals surface area contributed by atoms with Crippen molar-refractivity contribution >= 4 is 119 Å². The number of hydrogen-bond acceptors (Lipinski definition) is 40. The van der Waals surface area contributed by atoms with E-state index < -0.39 is 131 Å². The van der Waals surface area contributed by atoms with E-state index in [0.29, 0.717) is 94.7 Å². The second-order valence-electron chi connectivity index (χ2n) is 41.4. The highest BCUT2D eigenvalue weighted by Crippen LogP contribution is 2.59. The Morgan fingerprint density at radius 3 is 0.771 bits per heavy atom. The van der Waals surface area contributed by atoms with Gasteiger partial charge in [0.2, 0.25) is 24.4 Å². The SMILES string of the molecule is CCC(C)(C)C(=O)OC1C2CC3C(=O)OC1C3C2.CCC(C)(C)C(=O)OC1CCOC1=O.CCC(C)(C)C(=O)OCC(=O)OC1C2CC3C(=O)OC1C3C2.CCC(C)(C)C(=O)OCC(=O)OC1CCOC1=O.CCC(C)C(=O)OC1C2CC3C(=O)OC1C3C2.CCC(C)C(=O)OC1CCOC1=O.CCC(C)C(=O)OCC(=O)OC1C2CC3C(=O)OC1C3C2.CCC(C)C(=O)OCC(=O)OC1CCOC1=O. The minimum Gasteiger partial charge on any atom is -0.463 e. The van der Waals surface area contributed by atoms with Gasteiger partial charge in [0.05, 0.1) is 95.4 Å². The number of esters is 20. The lowest BCUT2D eigenvalue weighted by Crippen LogP contribution is -2.39. The Balaban J connectivity index is 0.000000180. The molecule has 8 saturated carbocycles. The number of fused-ring (bicyclic) bond motifs is 4. The number of carbonyl (C=O) groups excluding carboxylic acids is 20. The van der Waals surface area contributed by atoms with E-state index in [9.17, 15) is 95.9 Å². The molecule has 8 aliphatic carbocycles. The van der Waals surface area contributed by atoms with E-state index in [0.717, 1.165) is 70.6 Å². The van der Waals surface area contributed by atoms with Gasteiger partial charge in [-0.05, 0) is 158 Å². The Bertz CT molecular complexity index is 4500. The zero-order chi connectivity index (χ0) is 104. The predicted molar refractivity (Wildman–Crippen MR) is 478 cm³/mol. The Labute approximate surface area is 815 Å². The predicted octanol–water partition coefficient (Wildman–Crippen LogP) is 9.40. The number of cyclic esters (lactones) is 4. The molecule has 16 fully saturated rings. The standard InChI is InChI=1S/C16H22O6.C15H20O6.C14H20O4.C13H18O4.C12H18O6.C11H16O6.C10H16O4.C9H14O4/c1-4-16(2,3)15(19)20-7-11(17)21-12-8-5-9-10(6-8)14(18)22-13(9)12;1-3-7(2)14(17)19-6-11(16)20-12-8-4-9-10(5-8)15(18)21-13(9)12;1-4-14(2,3)13(16)18-10-7-5-8-9(6-7)12(15)17-11(8)10;1-3-6(2)12(14)16-10-7-4-8-9(5-7)13(15)17-11(8)10;1-4-12(2,3)11(15)17-7-9(13)18-8-5-6-16-10(8)14;1-3-7(2)10(13)16-6-9(12)17-8-4-5-15-11(8)14;1-4-10(2,3)9(12)14-7-5-6-13-8(7)11;1-3-6(2)8(10)13-7-4-5-12-9(7)11/h8-10,12-13H,4-7H2,1-3H3;7-10,12-13H,3-6H2,1-2H3;7-11H,4-6H2,1-3H3;6-11H,3-5H2,1-2H3;8H,4-7H2,1-3H3;7-8H,3-6H2,1-2H3;7H,4-6H2,1-3H3;6-7H,3-5H2,1-2H3. The van der Waals surface area contributed by atoms with E-state index in [-0.39, 0.29) is 194 Å². The highest BCUT2D eigenvalue weighted by Gasteiger charge is 2.67. The fourth-order valence-corrected chi connectivity index (χ4v) is 18.9. The summed E-state index contributed by atoms with van der Waals surface area (Å²) in [6.07, 6.45) is 8.92. The Kier molecular flexibility index (Phi) is 39.9. The molecule has 16 rings (SSSR count). The normalized spacial score (nSPS) is 31.1. The van der Waals surface area contributed by atoms with Crippen LogP contribution in [-0.4, -0.2) is 245 Å². The molecular weight excluding hydrogens is 1840 g/mol. The number of ether oxygens (including phenoxy) is 20. The van der Waals surface area contributed by atoms with E-state index in [2.05, 4.69) is 14.2 Å². The minimum absolute atomic E-state index is 0.00168.